The number of hydrogen-bond donors (Lipinski definition) is 2. The molecule has 0 saturated carbocycles. The Morgan fingerprint density at radius 1 is 0.963 bits per heavy atom. The standard InChI is InChI=1S/C22H20N2O3/c1-16(17-8-3-2-4-9-17)23-22(26)19-11-5-6-12-20(19)24-21(25)14-13-18-10-7-15-27-18/h2-16H,1H3,(H,23,26)(H,24,25)/b14-13+. The lowest BCUT2D eigenvalue weighted by atomic mass is 10.1. The summed E-state index contributed by atoms with van der Waals surface area (Å²) in [5, 5.41) is 5.70. The molecule has 1 heterocycles. The van der Waals surface area contributed by atoms with Gasteiger partial charge in [0, 0.05) is 6.08 Å². The molecule has 0 aliphatic carbocycles. The molecular formula is C22H20N2O3. The largest absolute Gasteiger partial charge is 0.465 e. The molecule has 2 N–H and O–H groups in total. The number of anilines is 1. The predicted molar refractivity (Wildman–Crippen MR) is 105 cm³/mol. The Labute approximate surface area is 157 Å². The van der Waals surface area contributed by atoms with Crippen molar-refractivity contribution in [2.45, 2.75) is 13.0 Å². The van der Waals surface area contributed by atoms with Gasteiger partial charge in [-0.05, 0) is 42.8 Å². The zero-order valence-corrected chi connectivity index (χ0v) is 14.9. The van der Waals surface area contributed by atoms with E-state index in [1.165, 1.54) is 12.3 Å². The zero-order valence-electron chi connectivity index (χ0n) is 14.9. The Balaban J connectivity index is 1.69. The van der Waals surface area contributed by atoms with Crippen LogP contribution in [0.15, 0.2) is 83.5 Å². The van der Waals surface area contributed by atoms with E-state index in [0.29, 0.717) is 17.0 Å². The van der Waals surface area contributed by atoms with E-state index < -0.39 is 0 Å². The maximum Gasteiger partial charge on any atom is 0.253 e. The van der Waals surface area contributed by atoms with Crippen LogP contribution in [0.4, 0.5) is 5.69 Å². The van der Waals surface area contributed by atoms with Gasteiger partial charge in [-0.2, -0.15) is 0 Å². The topological polar surface area (TPSA) is 71.3 Å². The number of hydrogen-bond acceptors (Lipinski definition) is 3. The predicted octanol–water partition coefficient (Wildman–Crippen LogP) is 4.42. The number of benzene rings is 2. The Hall–Kier alpha value is -3.60. The normalized spacial score (nSPS) is 11.9. The Bertz CT molecular complexity index is 931. The van der Waals surface area contributed by atoms with Crippen molar-refractivity contribution in [3.63, 3.8) is 0 Å². The maximum atomic E-state index is 12.7. The Morgan fingerprint density at radius 2 is 1.70 bits per heavy atom. The lowest BCUT2D eigenvalue weighted by molar-refractivity contribution is -0.111. The second kappa shape index (κ2) is 8.67. The van der Waals surface area contributed by atoms with Crippen LogP contribution in [-0.4, -0.2) is 11.8 Å². The molecule has 2 amide bonds. The average molecular weight is 360 g/mol. The molecule has 5 nitrogen and oxygen atoms in total. The lowest BCUT2D eigenvalue weighted by Crippen LogP contribution is -2.27. The minimum absolute atomic E-state index is 0.152. The molecule has 136 valence electrons. The van der Waals surface area contributed by atoms with Crippen LogP contribution in [0.25, 0.3) is 6.08 Å². The summed E-state index contributed by atoms with van der Waals surface area (Å²) in [6.45, 7) is 1.92. The fraction of sp³-hybridized carbons (Fsp3) is 0.0909. The van der Waals surface area contributed by atoms with Gasteiger partial charge in [0.15, 0.2) is 0 Å². The molecule has 27 heavy (non-hydrogen) atoms. The quantitative estimate of drug-likeness (QED) is 0.639. The summed E-state index contributed by atoms with van der Waals surface area (Å²) in [7, 11) is 0. The summed E-state index contributed by atoms with van der Waals surface area (Å²) in [4.78, 5) is 24.8. The molecule has 0 aliphatic rings. The van der Waals surface area contributed by atoms with Gasteiger partial charge in [0.05, 0.1) is 23.6 Å². The summed E-state index contributed by atoms with van der Waals surface area (Å²) < 4.78 is 5.15. The molecule has 2 aromatic carbocycles. The van der Waals surface area contributed by atoms with Crippen molar-refractivity contribution in [2.24, 2.45) is 0 Å². The molecule has 0 saturated heterocycles. The summed E-state index contributed by atoms with van der Waals surface area (Å²) in [5.74, 6) is -0.0205. The smallest absolute Gasteiger partial charge is 0.253 e. The van der Waals surface area contributed by atoms with E-state index in [2.05, 4.69) is 10.6 Å². The summed E-state index contributed by atoms with van der Waals surface area (Å²) >= 11 is 0. The first-order valence-electron chi connectivity index (χ1n) is 8.61. The van der Waals surface area contributed by atoms with E-state index in [0.717, 1.165) is 5.56 Å². The molecule has 1 unspecified atom stereocenters. The maximum absolute atomic E-state index is 12.7. The van der Waals surface area contributed by atoms with E-state index in [9.17, 15) is 9.59 Å². The van der Waals surface area contributed by atoms with Gasteiger partial charge in [0.1, 0.15) is 5.76 Å². The molecule has 1 aromatic heterocycles. The highest BCUT2D eigenvalue weighted by molar-refractivity contribution is 6.07. The second-order valence-corrected chi connectivity index (χ2v) is 5.99. The van der Waals surface area contributed by atoms with Gasteiger partial charge in [-0.1, -0.05) is 42.5 Å². The molecule has 0 bridgehead atoms. The van der Waals surface area contributed by atoms with Crippen LogP contribution in [-0.2, 0) is 4.79 Å². The Morgan fingerprint density at radius 3 is 2.44 bits per heavy atom. The van der Waals surface area contributed by atoms with Gasteiger partial charge in [0.25, 0.3) is 5.91 Å². The van der Waals surface area contributed by atoms with Gasteiger partial charge in [-0.25, -0.2) is 0 Å². The number of para-hydroxylation sites is 1. The summed E-state index contributed by atoms with van der Waals surface area (Å²) in [5.41, 5.74) is 1.86. The van der Waals surface area contributed by atoms with Crippen molar-refractivity contribution in [2.75, 3.05) is 5.32 Å². The third-order valence-electron chi connectivity index (χ3n) is 4.02. The van der Waals surface area contributed by atoms with E-state index >= 15 is 0 Å². The fourth-order valence-electron chi connectivity index (χ4n) is 2.61. The number of carbonyl (C=O) groups is 2. The van der Waals surface area contributed by atoms with Gasteiger partial charge in [0.2, 0.25) is 5.91 Å². The third-order valence-corrected chi connectivity index (χ3v) is 4.02. The molecule has 0 spiro atoms. The number of furan rings is 1. The van der Waals surface area contributed by atoms with Crippen LogP contribution in [0.1, 0.15) is 34.6 Å². The molecule has 3 rings (SSSR count). The van der Waals surface area contributed by atoms with Crippen molar-refractivity contribution >= 4 is 23.6 Å². The van der Waals surface area contributed by atoms with E-state index in [4.69, 9.17) is 4.42 Å². The van der Waals surface area contributed by atoms with E-state index in [-0.39, 0.29) is 17.9 Å². The molecule has 3 aromatic rings. The fourth-order valence-corrected chi connectivity index (χ4v) is 2.61. The van der Waals surface area contributed by atoms with Crippen molar-refractivity contribution in [1.82, 2.24) is 5.32 Å². The van der Waals surface area contributed by atoms with Gasteiger partial charge < -0.3 is 15.1 Å². The number of rotatable bonds is 6. The minimum atomic E-state index is -0.345. The minimum Gasteiger partial charge on any atom is -0.465 e. The molecule has 1 atom stereocenters. The monoisotopic (exact) mass is 360 g/mol. The van der Waals surface area contributed by atoms with Crippen LogP contribution in [0.3, 0.4) is 0 Å². The SMILES string of the molecule is CC(NC(=O)c1ccccc1NC(=O)/C=C/c1ccco1)c1ccccc1. The summed E-state index contributed by atoms with van der Waals surface area (Å²) in [6.07, 6.45) is 4.46. The van der Waals surface area contributed by atoms with Crippen molar-refractivity contribution in [3.8, 4) is 0 Å². The average Bonchev–Trinajstić information content (AvgIpc) is 3.21. The molecule has 5 heteroatoms. The second-order valence-electron chi connectivity index (χ2n) is 5.99. The first kappa shape index (κ1) is 18.2. The highest BCUT2D eigenvalue weighted by Gasteiger charge is 2.15. The van der Waals surface area contributed by atoms with Crippen LogP contribution in [0.5, 0.6) is 0 Å². The zero-order chi connectivity index (χ0) is 19.1. The number of amides is 2. The van der Waals surface area contributed by atoms with Crippen molar-refractivity contribution in [3.05, 3.63) is 96.0 Å². The van der Waals surface area contributed by atoms with E-state index in [1.807, 2.05) is 37.3 Å². The van der Waals surface area contributed by atoms with Gasteiger partial charge >= 0.3 is 0 Å². The molecular weight excluding hydrogens is 340 g/mol. The van der Waals surface area contributed by atoms with Gasteiger partial charge in [-0.3, -0.25) is 9.59 Å². The summed E-state index contributed by atoms with van der Waals surface area (Å²) in [6, 6.07) is 19.9. The van der Waals surface area contributed by atoms with Crippen LogP contribution >= 0.6 is 0 Å². The van der Waals surface area contributed by atoms with Crippen molar-refractivity contribution < 1.29 is 14.0 Å². The highest BCUT2D eigenvalue weighted by Crippen LogP contribution is 2.18. The van der Waals surface area contributed by atoms with Crippen LogP contribution in [0.2, 0.25) is 0 Å². The highest BCUT2D eigenvalue weighted by atomic mass is 16.3. The van der Waals surface area contributed by atoms with Crippen molar-refractivity contribution in [1.29, 1.82) is 0 Å². The third kappa shape index (κ3) is 4.95. The molecule has 0 aliphatic heterocycles. The first-order chi connectivity index (χ1) is 13.1. The van der Waals surface area contributed by atoms with Crippen LogP contribution in [0, 0.1) is 0 Å². The first-order valence-corrected chi connectivity index (χ1v) is 8.61. The van der Waals surface area contributed by atoms with Gasteiger partial charge in [-0.15, -0.1) is 0 Å². The number of carbonyl (C=O) groups excluding carboxylic acids is 2. The van der Waals surface area contributed by atoms with Crippen LogP contribution < -0.4 is 10.6 Å². The molecule has 0 fully saturated rings. The Kier molecular flexibility index (Phi) is 5.84. The van der Waals surface area contributed by atoms with E-state index in [1.54, 1.807) is 42.5 Å². The lowest BCUT2D eigenvalue weighted by Gasteiger charge is -2.16. The molecule has 0 radical (unpaired) electrons. The number of nitrogens with one attached hydrogen (secondary N) is 2.